The molecule has 0 saturated carbocycles. The number of Topliss-reactive ketones (excluding diaryl/α,β-unsaturated/α-hetero) is 2. The van der Waals surface area contributed by atoms with Crippen LogP contribution in [0.4, 0.5) is 26.3 Å². The summed E-state index contributed by atoms with van der Waals surface area (Å²) in [7, 11) is 0. The average molecular weight is 615 g/mol. The lowest BCUT2D eigenvalue weighted by molar-refractivity contribution is -0.138. The molecule has 0 heterocycles. The highest BCUT2D eigenvalue weighted by atomic mass is 80.9. The van der Waals surface area contributed by atoms with E-state index in [1.54, 1.807) is 0 Å². The van der Waals surface area contributed by atoms with Crippen molar-refractivity contribution in [3.8, 4) is 0 Å². The van der Waals surface area contributed by atoms with E-state index in [1.165, 1.54) is 31.2 Å². The van der Waals surface area contributed by atoms with E-state index in [0.29, 0.717) is 0 Å². The van der Waals surface area contributed by atoms with Crippen LogP contribution in [0, 0.1) is 0 Å². The van der Waals surface area contributed by atoms with Gasteiger partial charge in [0.1, 0.15) is 0 Å². The fraction of sp³-hybridized carbons (Fsp3) is 0.222. The van der Waals surface area contributed by atoms with Crippen LogP contribution in [0.5, 0.6) is 0 Å². The molecule has 0 aliphatic carbocycles. The molecule has 0 aliphatic rings. The van der Waals surface area contributed by atoms with E-state index >= 15 is 0 Å². The highest BCUT2D eigenvalue weighted by Crippen LogP contribution is 2.30. The van der Waals surface area contributed by atoms with Crippen molar-refractivity contribution in [1.82, 2.24) is 0 Å². The van der Waals surface area contributed by atoms with Gasteiger partial charge in [0, 0.05) is 39.4 Å². The zero-order valence-corrected chi connectivity index (χ0v) is 19.3. The van der Waals surface area contributed by atoms with Gasteiger partial charge in [-0.05, 0) is 31.2 Å². The third kappa shape index (κ3) is 9.90. The Morgan fingerprint density at radius 1 is 0.793 bits per heavy atom. The number of benzene rings is 2. The van der Waals surface area contributed by atoms with Gasteiger partial charge in [0.25, 0.3) is 0 Å². The zero-order valence-electron chi connectivity index (χ0n) is 14.5. The van der Waals surface area contributed by atoms with Crippen molar-refractivity contribution in [2.24, 2.45) is 0 Å². The minimum absolute atomic E-state index is 0.0221. The molecule has 0 bridgehead atoms. The molecule has 0 aromatic heterocycles. The SMILES string of the molecule is BrBr.CC(=O)c1cccc(C(F)(F)F)c1.O=C(CBr)c1cccc(C(F)(F)F)c1. The van der Waals surface area contributed by atoms with E-state index in [4.69, 9.17) is 0 Å². The molecule has 0 N–H and O–H groups in total. The average Bonchev–Trinajstić information content (AvgIpc) is 2.68. The maximum Gasteiger partial charge on any atom is 0.416 e. The standard InChI is InChI=1S/C9H6BrF3O.C9H7F3O.Br2/c10-5-8(14)6-2-1-3-7(4-6)9(11,12)13;1-6(13)7-3-2-4-8(5-7)9(10,11)12;1-2/h1-4H,5H2;2-5H,1H3;. The van der Waals surface area contributed by atoms with E-state index in [2.05, 4.69) is 44.2 Å². The molecule has 160 valence electrons. The van der Waals surface area contributed by atoms with Crippen LogP contribution in [0.2, 0.25) is 0 Å². The summed E-state index contributed by atoms with van der Waals surface area (Å²) in [6, 6.07) is 8.73. The van der Waals surface area contributed by atoms with E-state index in [9.17, 15) is 35.9 Å². The lowest BCUT2D eigenvalue weighted by Gasteiger charge is -2.07. The van der Waals surface area contributed by atoms with Gasteiger partial charge in [-0.1, -0.05) is 40.2 Å². The summed E-state index contributed by atoms with van der Waals surface area (Å²) in [6.07, 6.45) is -8.78. The minimum atomic E-state index is -4.40. The predicted octanol–water partition coefficient (Wildman–Crippen LogP) is 7.88. The summed E-state index contributed by atoms with van der Waals surface area (Å²) in [6.45, 7) is 1.23. The number of carbonyl (C=O) groups excluding carboxylic acids is 2. The first-order valence-corrected chi connectivity index (χ1v) is 12.3. The summed E-state index contributed by atoms with van der Waals surface area (Å²) in [4.78, 5) is 21.8. The molecule has 29 heavy (non-hydrogen) atoms. The molecule has 0 radical (unpaired) electrons. The summed E-state index contributed by atoms with van der Waals surface area (Å²) in [5.74, 6) is -0.734. The quantitative estimate of drug-likeness (QED) is 0.200. The number of alkyl halides is 7. The fourth-order valence-electron chi connectivity index (χ4n) is 1.86. The zero-order chi connectivity index (χ0) is 22.8. The van der Waals surface area contributed by atoms with Crippen molar-refractivity contribution >= 4 is 55.8 Å². The van der Waals surface area contributed by atoms with E-state index in [1.807, 2.05) is 0 Å². The number of hydrogen-bond donors (Lipinski definition) is 0. The molecule has 11 heteroatoms. The molecule has 2 aromatic carbocycles. The molecule has 0 unspecified atom stereocenters. The summed E-state index contributed by atoms with van der Waals surface area (Å²) in [5.41, 5.74) is -1.45. The van der Waals surface area contributed by atoms with E-state index in [-0.39, 0.29) is 28.0 Å². The number of hydrogen-bond acceptors (Lipinski definition) is 2. The van der Waals surface area contributed by atoms with Crippen molar-refractivity contribution < 1.29 is 35.9 Å². The monoisotopic (exact) mass is 612 g/mol. The van der Waals surface area contributed by atoms with Gasteiger partial charge in [0.05, 0.1) is 16.5 Å². The van der Waals surface area contributed by atoms with Crippen LogP contribution >= 0.6 is 44.2 Å². The van der Waals surface area contributed by atoms with Crippen LogP contribution in [0.15, 0.2) is 48.5 Å². The molecule has 0 atom stereocenters. The van der Waals surface area contributed by atoms with Gasteiger partial charge in [0.2, 0.25) is 0 Å². The minimum Gasteiger partial charge on any atom is -0.295 e. The van der Waals surface area contributed by atoms with Gasteiger partial charge >= 0.3 is 12.4 Å². The topological polar surface area (TPSA) is 34.1 Å². The van der Waals surface area contributed by atoms with E-state index in [0.717, 1.165) is 24.3 Å². The number of rotatable bonds is 3. The van der Waals surface area contributed by atoms with Crippen LogP contribution < -0.4 is 0 Å². The molecule has 2 nitrogen and oxygen atoms in total. The Balaban J connectivity index is 0.000000499. The van der Waals surface area contributed by atoms with Crippen LogP contribution in [0.1, 0.15) is 38.8 Å². The van der Waals surface area contributed by atoms with Crippen LogP contribution in [-0.2, 0) is 12.4 Å². The Hall–Kier alpha value is -1.20. The first-order valence-electron chi connectivity index (χ1n) is 7.45. The van der Waals surface area contributed by atoms with Crippen molar-refractivity contribution in [3.63, 3.8) is 0 Å². The molecule has 2 rings (SSSR count). The Morgan fingerprint density at radius 2 is 1.17 bits per heavy atom. The van der Waals surface area contributed by atoms with Crippen molar-refractivity contribution in [2.75, 3.05) is 5.33 Å². The fourth-order valence-corrected chi connectivity index (χ4v) is 2.18. The summed E-state index contributed by atoms with van der Waals surface area (Å²) in [5, 5.41) is 0.0221. The second-order valence-corrected chi connectivity index (χ2v) is 5.83. The van der Waals surface area contributed by atoms with Crippen molar-refractivity contribution in [2.45, 2.75) is 19.3 Å². The maximum absolute atomic E-state index is 12.2. The number of halogens is 9. The Labute approximate surface area is 186 Å². The number of ketones is 2. The first kappa shape index (κ1) is 27.8. The normalized spacial score (nSPS) is 10.8. The van der Waals surface area contributed by atoms with Crippen LogP contribution in [0.3, 0.4) is 0 Å². The molecule has 0 fully saturated rings. The van der Waals surface area contributed by atoms with Gasteiger partial charge in [-0.3, -0.25) is 9.59 Å². The molecule has 0 aliphatic heterocycles. The summed E-state index contributed by atoms with van der Waals surface area (Å²) >= 11 is 8.40. The van der Waals surface area contributed by atoms with Gasteiger partial charge in [-0.2, -0.15) is 26.3 Å². The molecule has 2 aromatic rings. The van der Waals surface area contributed by atoms with Gasteiger partial charge in [0.15, 0.2) is 11.6 Å². The summed E-state index contributed by atoms with van der Waals surface area (Å²) < 4.78 is 73.0. The second-order valence-electron chi connectivity index (χ2n) is 5.27. The van der Waals surface area contributed by atoms with Gasteiger partial charge in [-0.15, -0.1) is 0 Å². The smallest absolute Gasteiger partial charge is 0.295 e. The Morgan fingerprint density at radius 3 is 1.52 bits per heavy atom. The molecular weight excluding hydrogens is 602 g/mol. The van der Waals surface area contributed by atoms with E-state index < -0.39 is 23.5 Å². The largest absolute Gasteiger partial charge is 0.416 e. The third-order valence-electron chi connectivity index (χ3n) is 3.23. The van der Waals surface area contributed by atoms with Crippen LogP contribution in [0.25, 0.3) is 0 Å². The van der Waals surface area contributed by atoms with Gasteiger partial charge in [-0.25, -0.2) is 0 Å². The Bertz CT molecular complexity index is 820. The lowest BCUT2D eigenvalue weighted by atomic mass is 10.1. The molecule has 0 amide bonds. The predicted molar refractivity (Wildman–Crippen MR) is 109 cm³/mol. The lowest BCUT2D eigenvalue weighted by Crippen LogP contribution is -2.07. The van der Waals surface area contributed by atoms with Crippen molar-refractivity contribution in [1.29, 1.82) is 0 Å². The van der Waals surface area contributed by atoms with Crippen molar-refractivity contribution in [3.05, 3.63) is 70.8 Å². The van der Waals surface area contributed by atoms with Gasteiger partial charge < -0.3 is 0 Å². The van der Waals surface area contributed by atoms with Crippen LogP contribution in [-0.4, -0.2) is 16.9 Å². The number of carbonyl (C=O) groups is 2. The maximum atomic E-state index is 12.2. The molecule has 0 saturated heterocycles. The third-order valence-corrected chi connectivity index (χ3v) is 3.74. The second kappa shape index (κ2) is 12.5. The Kier molecular flexibility index (Phi) is 12.0. The highest BCUT2D eigenvalue weighted by Gasteiger charge is 2.31. The molecular formula is C18H13Br3F6O2. The molecule has 0 spiro atoms. The highest BCUT2D eigenvalue weighted by molar-refractivity contribution is 9.93. The first-order chi connectivity index (χ1) is 13.4.